The van der Waals surface area contributed by atoms with Crippen molar-refractivity contribution in [3.63, 3.8) is 0 Å². The Morgan fingerprint density at radius 2 is 2.17 bits per heavy atom. The number of aryl methyl sites for hydroxylation is 1. The molecule has 0 saturated carbocycles. The Morgan fingerprint density at radius 3 is 2.61 bits per heavy atom. The zero-order chi connectivity index (χ0) is 13.9. The lowest BCUT2D eigenvalue weighted by atomic mass is 10.2. The predicted molar refractivity (Wildman–Crippen MR) is 70.7 cm³/mol. The fourth-order valence-corrected chi connectivity index (χ4v) is 4.29. The summed E-state index contributed by atoms with van der Waals surface area (Å²) in [6.07, 6.45) is 1.63. The van der Waals surface area contributed by atoms with Gasteiger partial charge < -0.3 is 5.11 Å². The summed E-state index contributed by atoms with van der Waals surface area (Å²) >= 11 is 0.785. The monoisotopic (exact) mass is 291 g/mol. The average molecular weight is 291 g/mol. The minimum absolute atomic E-state index is 0.0559. The smallest absolute Gasteiger partial charge is 0.346 e. The van der Waals surface area contributed by atoms with E-state index in [9.17, 15) is 13.2 Å². The summed E-state index contributed by atoms with van der Waals surface area (Å²) in [5, 5.41) is 8.91. The summed E-state index contributed by atoms with van der Waals surface area (Å²) in [5.41, 5.74) is 0.469. The molecule has 1 atom stereocenters. The van der Waals surface area contributed by atoms with Crippen LogP contribution in [0.25, 0.3) is 0 Å². The number of carboxylic acid groups (broad SMARTS) is 1. The van der Waals surface area contributed by atoms with Gasteiger partial charge in [-0.05, 0) is 31.9 Å². The summed E-state index contributed by atoms with van der Waals surface area (Å²) in [6.45, 7) is 5.36. The van der Waals surface area contributed by atoms with Gasteiger partial charge in [0.25, 0.3) is 0 Å². The number of nitrogens with one attached hydrogen (secondary N) is 1. The highest BCUT2D eigenvalue weighted by atomic mass is 32.2. The van der Waals surface area contributed by atoms with E-state index in [1.54, 1.807) is 13.8 Å². The molecule has 5 nitrogen and oxygen atoms in total. The third-order valence-electron chi connectivity index (χ3n) is 2.43. The van der Waals surface area contributed by atoms with Crippen LogP contribution in [0.3, 0.4) is 0 Å². The number of carboxylic acids is 1. The zero-order valence-electron chi connectivity index (χ0n) is 10.6. The van der Waals surface area contributed by atoms with E-state index < -0.39 is 16.0 Å². The number of aromatic carboxylic acids is 1. The van der Waals surface area contributed by atoms with Crippen LogP contribution in [-0.4, -0.2) is 25.5 Å². The third kappa shape index (κ3) is 3.54. The van der Waals surface area contributed by atoms with Crippen LogP contribution in [-0.2, 0) is 10.0 Å². The molecular weight excluding hydrogens is 274 g/mol. The molecule has 1 heterocycles. The molecule has 102 valence electrons. The van der Waals surface area contributed by atoms with Crippen molar-refractivity contribution in [1.82, 2.24) is 4.72 Å². The first-order valence-corrected chi connectivity index (χ1v) is 7.94. The van der Waals surface area contributed by atoms with Gasteiger partial charge in [-0.15, -0.1) is 11.3 Å². The normalized spacial score (nSPS) is 13.5. The van der Waals surface area contributed by atoms with Gasteiger partial charge in [0.2, 0.25) is 10.0 Å². The maximum atomic E-state index is 12.0. The number of rotatable bonds is 6. The second-order valence-electron chi connectivity index (χ2n) is 4.19. The number of hydrogen-bond acceptors (Lipinski definition) is 4. The Morgan fingerprint density at radius 1 is 1.56 bits per heavy atom. The lowest BCUT2D eigenvalue weighted by Gasteiger charge is -2.11. The Bertz CT molecular complexity index is 533. The van der Waals surface area contributed by atoms with Crippen LogP contribution < -0.4 is 4.72 Å². The van der Waals surface area contributed by atoms with Crippen LogP contribution >= 0.6 is 11.3 Å². The van der Waals surface area contributed by atoms with Crippen molar-refractivity contribution in [3.8, 4) is 0 Å². The van der Waals surface area contributed by atoms with Gasteiger partial charge in [-0.1, -0.05) is 13.3 Å². The number of thiophene rings is 1. The highest BCUT2D eigenvalue weighted by Crippen LogP contribution is 2.26. The van der Waals surface area contributed by atoms with Gasteiger partial charge >= 0.3 is 5.97 Å². The van der Waals surface area contributed by atoms with Crippen molar-refractivity contribution >= 4 is 27.3 Å². The SMILES string of the molecule is CCCC(C)NS(=O)(=O)c1cc(C)c(C(=O)O)s1. The molecule has 1 aromatic rings. The standard InChI is InChI=1S/C11H17NO4S2/c1-4-5-8(3)12-18(15,16)9-6-7(2)10(17-9)11(13)14/h6,8,12H,4-5H2,1-3H3,(H,13,14). The maximum absolute atomic E-state index is 12.0. The summed E-state index contributed by atoms with van der Waals surface area (Å²) < 4.78 is 26.6. The molecule has 0 aliphatic rings. The molecule has 1 aromatic heterocycles. The lowest BCUT2D eigenvalue weighted by Crippen LogP contribution is -2.31. The molecular formula is C11H17NO4S2. The molecule has 7 heteroatoms. The van der Waals surface area contributed by atoms with Crippen LogP contribution in [0.4, 0.5) is 0 Å². The summed E-state index contributed by atoms with van der Waals surface area (Å²) in [6, 6.07) is 1.24. The van der Waals surface area contributed by atoms with Crippen LogP contribution in [0.15, 0.2) is 10.3 Å². The number of carbonyl (C=O) groups is 1. The van der Waals surface area contributed by atoms with Gasteiger partial charge in [0.15, 0.2) is 0 Å². The highest BCUT2D eigenvalue weighted by molar-refractivity contribution is 7.91. The summed E-state index contributed by atoms with van der Waals surface area (Å²) in [7, 11) is -3.61. The van der Waals surface area contributed by atoms with Gasteiger partial charge in [-0.25, -0.2) is 17.9 Å². The van der Waals surface area contributed by atoms with E-state index in [2.05, 4.69) is 4.72 Å². The first kappa shape index (κ1) is 15.1. The molecule has 0 aliphatic carbocycles. The van der Waals surface area contributed by atoms with Crippen LogP contribution in [0, 0.1) is 6.92 Å². The van der Waals surface area contributed by atoms with Crippen molar-refractivity contribution in [3.05, 3.63) is 16.5 Å². The Labute approximate surface area is 111 Å². The average Bonchev–Trinajstić information content (AvgIpc) is 2.60. The molecule has 0 spiro atoms. The molecule has 0 fully saturated rings. The van der Waals surface area contributed by atoms with E-state index >= 15 is 0 Å². The van der Waals surface area contributed by atoms with Crippen LogP contribution in [0.1, 0.15) is 41.9 Å². The van der Waals surface area contributed by atoms with E-state index in [0.717, 1.165) is 24.2 Å². The highest BCUT2D eigenvalue weighted by Gasteiger charge is 2.22. The molecule has 0 aliphatic heterocycles. The minimum Gasteiger partial charge on any atom is -0.477 e. The molecule has 1 rings (SSSR count). The quantitative estimate of drug-likeness (QED) is 0.841. The van der Waals surface area contributed by atoms with Crippen LogP contribution in [0.2, 0.25) is 0 Å². The largest absolute Gasteiger partial charge is 0.477 e. The molecule has 1 unspecified atom stereocenters. The fourth-order valence-electron chi connectivity index (χ4n) is 1.61. The third-order valence-corrected chi connectivity index (χ3v) is 5.72. The predicted octanol–water partition coefficient (Wildman–Crippen LogP) is 2.22. The first-order valence-electron chi connectivity index (χ1n) is 5.64. The molecule has 0 bridgehead atoms. The topological polar surface area (TPSA) is 83.5 Å². The van der Waals surface area contributed by atoms with E-state index in [4.69, 9.17) is 5.11 Å². The summed E-state index contributed by atoms with van der Waals surface area (Å²) in [4.78, 5) is 11.0. The van der Waals surface area contributed by atoms with Crippen molar-refractivity contribution in [2.75, 3.05) is 0 Å². The molecule has 18 heavy (non-hydrogen) atoms. The van der Waals surface area contributed by atoms with Gasteiger partial charge in [-0.3, -0.25) is 0 Å². The Kier molecular flexibility index (Phi) is 4.89. The van der Waals surface area contributed by atoms with Crippen molar-refractivity contribution in [2.24, 2.45) is 0 Å². The van der Waals surface area contributed by atoms with Crippen molar-refractivity contribution in [1.29, 1.82) is 0 Å². The Hall–Kier alpha value is -0.920. The number of sulfonamides is 1. The van der Waals surface area contributed by atoms with Crippen molar-refractivity contribution < 1.29 is 18.3 Å². The van der Waals surface area contributed by atoms with Crippen LogP contribution in [0.5, 0.6) is 0 Å². The summed E-state index contributed by atoms with van der Waals surface area (Å²) in [5.74, 6) is -1.10. The minimum atomic E-state index is -3.61. The van der Waals surface area contributed by atoms with Gasteiger partial charge in [0.1, 0.15) is 9.09 Å². The first-order chi connectivity index (χ1) is 8.27. The molecule has 2 N–H and O–H groups in total. The molecule has 0 radical (unpaired) electrons. The molecule has 0 amide bonds. The fraction of sp³-hybridized carbons (Fsp3) is 0.545. The Balaban J connectivity index is 2.99. The van der Waals surface area contributed by atoms with Gasteiger partial charge in [-0.2, -0.15) is 0 Å². The van der Waals surface area contributed by atoms with E-state index in [-0.39, 0.29) is 15.1 Å². The second-order valence-corrected chi connectivity index (χ2v) is 7.19. The van der Waals surface area contributed by atoms with E-state index in [1.807, 2.05) is 6.92 Å². The van der Waals surface area contributed by atoms with Gasteiger partial charge in [0, 0.05) is 6.04 Å². The van der Waals surface area contributed by atoms with E-state index in [0.29, 0.717) is 5.56 Å². The maximum Gasteiger partial charge on any atom is 0.346 e. The zero-order valence-corrected chi connectivity index (χ0v) is 12.2. The molecule has 0 aromatic carbocycles. The lowest BCUT2D eigenvalue weighted by molar-refractivity contribution is 0.0701. The van der Waals surface area contributed by atoms with E-state index in [1.165, 1.54) is 6.07 Å². The molecule has 0 saturated heterocycles. The van der Waals surface area contributed by atoms with Crippen molar-refractivity contribution in [2.45, 2.75) is 43.9 Å². The number of hydrogen-bond donors (Lipinski definition) is 2. The second kappa shape index (κ2) is 5.81. The van der Waals surface area contributed by atoms with Gasteiger partial charge in [0.05, 0.1) is 0 Å².